The summed E-state index contributed by atoms with van der Waals surface area (Å²) < 4.78 is 0. The van der Waals surface area contributed by atoms with Gasteiger partial charge >= 0.3 is 5.97 Å². The van der Waals surface area contributed by atoms with Crippen LogP contribution in [-0.2, 0) is 52.7 Å². The monoisotopic (exact) mass is 997 g/mol. The van der Waals surface area contributed by atoms with Gasteiger partial charge in [-0.15, -0.1) is 0 Å². The Morgan fingerprint density at radius 2 is 0.943 bits per heavy atom. The minimum atomic E-state index is -1.60. The Labute approximate surface area is 412 Å². The zero-order valence-electron chi connectivity index (χ0n) is 43.1. The van der Waals surface area contributed by atoms with Gasteiger partial charge in [0.2, 0.25) is 59.1 Å². The molecule has 0 saturated carbocycles. The standard InChI is InChI=1S/C46H84N12O12/c1-13-26(10)37(45(68)55-32(20-33(49)59)42(65)51-28(12)39(62)58-36(25(8)9)46(69)70)56-34(60)21-50-41(64)30(18-22(2)3)53-38(61)27(11)52-44(67)35(24(6)7)57-43(66)31(19-23(4)5)54-40(63)29(48)16-14-15-17-47/h22-32,35-37H,13-21,47-48H2,1-12H3,(H2,49,59)(H,50,64)(H,51,65)(H,52,67)(H,53,61)(H,54,63)(H,55,68)(H,56,60)(H,57,66)(H,58,62)(H,69,70)/t26-,27-,28-,29-,30-,31-,32-,35-,36-,37-/m0/s1. The molecule has 0 fully saturated rings. The fourth-order valence-corrected chi connectivity index (χ4v) is 6.84. The molecule has 0 aromatic heterocycles. The third-order valence-corrected chi connectivity index (χ3v) is 11.2. The largest absolute Gasteiger partial charge is 0.480 e. The number of amides is 10. The van der Waals surface area contributed by atoms with E-state index < -0.39 is 150 Å². The predicted octanol–water partition coefficient (Wildman–Crippen LogP) is -2.11. The minimum absolute atomic E-state index is 0.0127. The summed E-state index contributed by atoms with van der Waals surface area (Å²) in [5, 5.41) is 32.1. The van der Waals surface area contributed by atoms with Crippen LogP contribution in [0.25, 0.3) is 0 Å². The molecule has 0 aliphatic rings. The third-order valence-electron chi connectivity index (χ3n) is 11.2. The number of nitrogens with two attached hydrogens (primary N) is 3. The van der Waals surface area contributed by atoms with Crippen molar-refractivity contribution in [3.63, 3.8) is 0 Å². The molecule has 0 bridgehead atoms. The number of rotatable bonds is 33. The molecular weight excluding hydrogens is 913 g/mol. The molecule has 0 aromatic carbocycles. The molecule has 0 saturated heterocycles. The molecule has 0 unspecified atom stereocenters. The zero-order valence-corrected chi connectivity index (χ0v) is 43.1. The van der Waals surface area contributed by atoms with Crippen molar-refractivity contribution >= 4 is 65.0 Å². The fraction of sp³-hybridized carbons (Fsp3) is 0.761. The normalized spacial score (nSPS) is 15.6. The third kappa shape index (κ3) is 24.1. The number of hydrogen-bond donors (Lipinski definition) is 13. The molecule has 24 heteroatoms. The molecule has 0 radical (unpaired) electrons. The molecule has 24 nitrogen and oxygen atoms in total. The van der Waals surface area contributed by atoms with Gasteiger partial charge in [0.25, 0.3) is 0 Å². The van der Waals surface area contributed by atoms with Gasteiger partial charge in [-0.05, 0) is 75.7 Å². The van der Waals surface area contributed by atoms with Gasteiger partial charge in [0.05, 0.1) is 19.0 Å². The second-order valence-corrected chi connectivity index (χ2v) is 19.4. The Morgan fingerprint density at radius 1 is 0.500 bits per heavy atom. The lowest BCUT2D eigenvalue weighted by molar-refractivity contribution is -0.143. The number of carbonyl (C=O) groups excluding carboxylic acids is 10. The summed E-state index contributed by atoms with van der Waals surface area (Å²) in [7, 11) is 0. The second kappa shape index (κ2) is 32.1. The quantitative estimate of drug-likeness (QED) is 0.0313. The van der Waals surface area contributed by atoms with Crippen molar-refractivity contribution in [3.8, 4) is 0 Å². The molecular formula is C46H84N12O12. The molecule has 0 aliphatic carbocycles. The molecule has 0 aliphatic heterocycles. The van der Waals surface area contributed by atoms with Crippen LogP contribution in [0.2, 0.25) is 0 Å². The number of nitrogens with one attached hydrogen (secondary N) is 9. The van der Waals surface area contributed by atoms with Crippen molar-refractivity contribution in [3.05, 3.63) is 0 Å². The van der Waals surface area contributed by atoms with E-state index in [1.807, 2.05) is 13.8 Å². The van der Waals surface area contributed by atoms with Gasteiger partial charge in [-0.1, -0.05) is 82.1 Å². The van der Waals surface area contributed by atoms with E-state index in [0.29, 0.717) is 32.2 Å². The summed E-state index contributed by atoms with van der Waals surface area (Å²) in [5.74, 6) is -10.8. The summed E-state index contributed by atoms with van der Waals surface area (Å²) in [5.41, 5.74) is 16.9. The van der Waals surface area contributed by atoms with Gasteiger partial charge in [0.15, 0.2) is 0 Å². The topological polar surface area (TPSA) is 394 Å². The second-order valence-electron chi connectivity index (χ2n) is 19.4. The summed E-state index contributed by atoms with van der Waals surface area (Å²) in [4.78, 5) is 143. The number of hydrogen-bond acceptors (Lipinski definition) is 13. The maximum Gasteiger partial charge on any atom is 0.326 e. The van der Waals surface area contributed by atoms with Crippen molar-refractivity contribution in [1.82, 2.24) is 47.9 Å². The SMILES string of the molecule is CC[C@H](C)[C@H](NC(=O)CNC(=O)[C@H](CC(C)C)NC(=O)[C@H](C)NC(=O)[C@@H](NC(=O)[C@H](CC(C)C)NC(=O)[C@@H](N)CCCCN)C(C)C)C(=O)N[C@@H](CC(N)=O)C(=O)N[C@@H](C)C(=O)N[C@H](C(=O)O)C(C)C. The molecule has 10 amide bonds. The first kappa shape index (κ1) is 64.1. The van der Waals surface area contributed by atoms with Gasteiger partial charge in [0.1, 0.15) is 48.3 Å². The number of unbranched alkanes of at least 4 members (excludes halogenated alkanes) is 1. The predicted molar refractivity (Wildman–Crippen MR) is 260 cm³/mol. The Morgan fingerprint density at radius 3 is 1.41 bits per heavy atom. The summed E-state index contributed by atoms with van der Waals surface area (Å²) >= 11 is 0. The number of carbonyl (C=O) groups is 11. The van der Waals surface area contributed by atoms with Gasteiger partial charge in [-0.3, -0.25) is 47.9 Å². The average molecular weight is 997 g/mol. The van der Waals surface area contributed by atoms with Crippen molar-refractivity contribution in [2.45, 2.75) is 182 Å². The lowest BCUT2D eigenvalue weighted by Crippen LogP contribution is -2.60. The van der Waals surface area contributed by atoms with Crippen LogP contribution in [0, 0.1) is 29.6 Å². The summed E-state index contributed by atoms with van der Waals surface area (Å²) in [6.07, 6.45) is 1.73. The number of primary amides is 1. The molecule has 0 spiro atoms. The first-order chi connectivity index (χ1) is 32.5. The average Bonchev–Trinajstić information content (AvgIpc) is 3.25. The minimum Gasteiger partial charge on any atom is -0.480 e. The highest BCUT2D eigenvalue weighted by Gasteiger charge is 2.35. The van der Waals surface area contributed by atoms with E-state index in [1.54, 1.807) is 55.4 Å². The summed E-state index contributed by atoms with van der Waals surface area (Å²) in [6.45, 7) is 19.7. The van der Waals surface area contributed by atoms with Crippen LogP contribution in [0.15, 0.2) is 0 Å². The lowest BCUT2D eigenvalue weighted by atomic mass is 9.97. The van der Waals surface area contributed by atoms with Gasteiger partial charge in [-0.25, -0.2) is 4.79 Å². The van der Waals surface area contributed by atoms with Crippen LogP contribution in [0.5, 0.6) is 0 Å². The van der Waals surface area contributed by atoms with Crippen LogP contribution in [0.1, 0.15) is 128 Å². The Balaban J connectivity index is 5.90. The van der Waals surface area contributed by atoms with Crippen LogP contribution in [-0.4, -0.2) is 138 Å². The van der Waals surface area contributed by atoms with Crippen molar-refractivity contribution in [2.24, 2.45) is 46.8 Å². The van der Waals surface area contributed by atoms with E-state index in [0.717, 1.165) is 0 Å². The van der Waals surface area contributed by atoms with Gasteiger partial charge in [-0.2, -0.15) is 0 Å². The number of aliphatic carboxylic acids is 1. The van der Waals surface area contributed by atoms with E-state index in [2.05, 4.69) is 47.9 Å². The molecule has 0 heterocycles. The molecule has 400 valence electrons. The highest BCUT2D eigenvalue weighted by atomic mass is 16.4. The summed E-state index contributed by atoms with van der Waals surface area (Å²) in [6, 6.07) is -10.8. The number of carboxylic acid groups (broad SMARTS) is 1. The lowest BCUT2D eigenvalue weighted by Gasteiger charge is -2.28. The zero-order chi connectivity index (χ0) is 54.2. The molecule has 16 N–H and O–H groups in total. The molecule has 10 atom stereocenters. The van der Waals surface area contributed by atoms with E-state index >= 15 is 0 Å². The first-order valence-corrected chi connectivity index (χ1v) is 24.1. The van der Waals surface area contributed by atoms with E-state index in [-0.39, 0.29) is 24.7 Å². The Kier molecular flexibility index (Phi) is 29.4. The highest BCUT2D eigenvalue weighted by Crippen LogP contribution is 2.12. The van der Waals surface area contributed by atoms with Crippen LogP contribution in [0.4, 0.5) is 0 Å². The molecule has 70 heavy (non-hydrogen) atoms. The van der Waals surface area contributed by atoms with Crippen molar-refractivity contribution in [2.75, 3.05) is 13.1 Å². The van der Waals surface area contributed by atoms with Gasteiger partial charge < -0.3 is 70.2 Å². The highest BCUT2D eigenvalue weighted by molar-refractivity contribution is 5.98. The van der Waals surface area contributed by atoms with E-state index in [1.165, 1.54) is 13.8 Å². The molecule has 0 rings (SSSR count). The van der Waals surface area contributed by atoms with E-state index in [9.17, 15) is 57.8 Å². The maximum atomic E-state index is 13.6. The first-order valence-electron chi connectivity index (χ1n) is 24.1. The van der Waals surface area contributed by atoms with Crippen LogP contribution < -0.4 is 65.1 Å². The smallest absolute Gasteiger partial charge is 0.326 e. The Hall–Kier alpha value is -5.91. The number of carboxylic acids is 1. The van der Waals surface area contributed by atoms with E-state index in [4.69, 9.17) is 17.2 Å². The fourth-order valence-electron chi connectivity index (χ4n) is 6.84. The van der Waals surface area contributed by atoms with Crippen molar-refractivity contribution < 1.29 is 57.8 Å². The van der Waals surface area contributed by atoms with Crippen LogP contribution >= 0.6 is 0 Å². The maximum absolute atomic E-state index is 13.6. The van der Waals surface area contributed by atoms with Gasteiger partial charge in [0, 0.05) is 0 Å². The Bertz CT molecular complexity index is 1800. The van der Waals surface area contributed by atoms with Crippen LogP contribution in [0.3, 0.4) is 0 Å². The molecule has 0 aromatic rings. The van der Waals surface area contributed by atoms with Crippen molar-refractivity contribution in [1.29, 1.82) is 0 Å².